The molecule has 0 bridgehead atoms. The Kier molecular flexibility index (Phi) is 6.97. The van der Waals surface area contributed by atoms with Gasteiger partial charge >= 0.3 is 12.4 Å². The Bertz CT molecular complexity index is 883. The van der Waals surface area contributed by atoms with Crippen LogP contribution in [0.1, 0.15) is 23.7 Å². The van der Waals surface area contributed by atoms with Gasteiger partial charge in [-0.15, -0.1) is 13.2 Å². The van der Waals surface area contributed by atoms with Gasteiger partial charge in [-0.05, 0) is 30.7 Å². The molecule has 156 valence electrons. The molecule has 0 unspecified atom stereocenters. The molecule has 0 saturated heterocycles. The monoisotopic (exact) mass is 417 g/mol. The highest BCUT2D eigenvalue weighted by atomic mass is 19.4. The standard InChI is InChI=1S/C18H16F5N3O3/c1-2-5-24-16(27)14-4-3-13(29-18(21,22)23)9-15(14)26-17(28)25-12-7-10(19)6-11(20)8-12/h3-4,6-9H,2,5H2,1H3,(H,24,27)(H2,25,26,28). The van der Waals surface area contributed by atoms with Gasteiger partial charge in [-0.2, -0.15) is 0 Å². The molecule has 6 nitrogen and oxygen atoms in total. The second-order valence-corrected chi connectivity index (χ2v) is 5.75. The number of ether oxygens (including phenoxy) is 1. The van der Waals surface area contributed by atoms with E-state index in [0.717, 1.165) is 30.3 Å². The molecule has 0 spiro atoms. The number of rotatable bonds is 6. The summed E-state index contributed by atoms with van der Waals surface area (Å²) in [6.45, 7) is 2.10. The predicted molar refractivity (Wildman–Crippen MR) is 94.7 cm³/mol. The van der Waals surface area contributed by atoms with Crippen molar-refractivity contribution in [3.63, 3.8) is 0 Å². The van der Waals surface area contributed by atoms with E-state index in [1.54, 1.807) is 6.92 Å². The van der Waals surface area contributed by atoms with Crippen LogP contribution < -0.4 is 20.7 Å². The molecule has 2 rings (SSSR count). The summed E-state index contributed by atoms with van der Waals surface area (Å²) in [6.07, 6.45) is -4.38. The second-order valence-electron chi connectivity index (χ2n) is 5.75. The van der Waals surface area contributed by atoms with Gasteiger partial charge in [0.05, 0.1) is 11.3 Å². The highest BCUT2D eigenvalue weighted by Gasteiger charge is 2.31. The van der Waals surface area contributed by atoms with Crippen LogP contribution in [-0.2, 0) is 0 Å². The fourth-order valence-electron chi connectivity index (χ4n) is 2.27. The number of urea groups is 1. The van der Waals surface area contributed by atoms with Crippen molar-refractivity contribution in [3.8, 4) is 5.75 Å². The van der Waals surface area contributed by atoms with Crippen molar-refractivity contribution in [3.05, 3.63) is 53.6 Å². The number of alkyl halides is 3. The Morgan fingerprint density at radius 3 is 2.24 bits per heavy atom. The summed E-state index contributed by atoms with van der Waals surface area (Å²) in [5, 5.41) is 6.82. The Labute approximate surface area is 162 Å². The Balaban J connectivity index is 2.27. The highest BCUT2D eigenvalue weighted by Crippen LogP contribution is 2.28. The van der Waals surface area contributed by atoms with Crippen molar-refractivity contribution >= 4 is 23.3 Å². The van der Waals surface area contributed by atoms with Gasteiger partial charge in [0.1, 0.15) is 17.4 Å². The van der Waals surface area contributed by atoms with E-state index in [9.17, 15) is 31.5 Å². The normalized spacial score (nSPS) is 11.0. The smallest absolute Gasteiger partial charge is 0.406 e. The van der Waals surface area contributed by atoms with E-state index in [2.05, 4.69) is 20.7 Å². The highest BCUT2D eigenvalue weighted by molar-refractivity contribution is 6.06. The van der Waals surface area contributed by atoms with E-state index >= 15 is 0 Å². The fourth-order valence-corrected chi connectivity index (χ4v) is 2.27. The number of amides is 3. The first-order valence-electron chi connectivity index (χ1n) is 8.29. The maximum atomic E-state index is 13.2. The topological polar surface area (TPSA) is 79.5 Å². The number of hydrogen-bond acceptors (Lipinski definition) is 3. The summed E-state index contributed by atoms with van der Waals surface area (Å²) in [5.41, 5.74) is -0.664. The Hall–Kier alpha value is -3.37. The molecule has 0 radical (unpaired) electrons. The number of carbonyl (C=O) groups is 2. The molecule has 0 fully saturated rings. The first-order valence-corrected chi connectivity index (χ1v) is 8.29. The van der Waals surface area contributed by atoms with Crippen LogP contribution in [0.2, 0.25) is 0 Å². The van der Waals surface area contributed by atoms with Crippen LogP contribution in [0.4, 0.5) is 38.1 Å². The number of halogens is 5. The molecular weight excluding hydrogens is 401 g/mol. The molecule has 0 aromatic heterocycles. The summed E-state index contributed by atoms with van der Waals surface area (Å²) in [5.74, 6) is -3.20. The van der Waals surface area contributed by atoms with Crippen molar-refractivity contribution in [2.45, 2.75) is 19.7 Å². The van der Waals surface area contributed by atoms with Crippen molar-refractivity contribution in [1.29, 1.82) is 0 Å². The molecule has 0 saturated carbocycles. The molecule has 0 aliphatic carbocycles. The molecule has 2 aromatic rings. The number of hydrogen-bond donors (Lipinski definition) is 3. The van der Waals surface area contributed by atoms with Gasteiger partial charge in [-0.25, -0.2) is 13.6 Å². The summed E-state index contributed by atoms with van der Waals surface area (Å²) in [7, 11) is 0. The van der Waals surface area contributed by atoms with Crippen molar-refractivity contribution in [1.82, 2.24) is 5.32 Å². The van der Waals surface area contributed by atoms with Gasteiger partial charge in [-0.1, -0.05) is 6.92 Å². The van der Waals surface area contributed by atoms with E-state index in [1.165, 1.54) is 0 Å². The number of carbonyl (C=O) groups excluding carboxylic acids is 2. The molecule has 0 atom stereocenters. The third kappa shape index (κ3) is 6.94. The van der Waals surface area contributed by atoms with Crippen molar-refractivity contribution < 1.29 is 36.3 Å². The first kappa shape index (κ1) is 21.9. The summed E-state index contributed by atoms with van der Waals surface area (Å²) < 4.78 is 67.6. The van der Waals surface area contributed by atoms with E-state index in [0.29, 0.717) is 19.0 Å². The van der Waals surface area contributed by atoms with Crippen LogP contribution >= 0.6 is 0 Å². The number of anilines is 2. The SMILES string of the molecule is CCCNC(=O)c1ccc(OC(F)(F)F)cc1NC(=O)Nc1cc(F)cc(F)c1. The average molecular weight is 417 g/mol. The molecule has 3 N–H and O–H groups in total. The molecule has 0 heterocycles. The zero-order valence-corrected chi connectivity index (χ0v) is 15.0. The van der Waals surface area contributed by atoms with E-state index in [4.69, 9.17) is 0 Å². The maximum Gasteiger partial charge on any atom is 0.573 e. The van der Waals surface area contributed by atoms with E-state index < -0.39 is 35.7 Å². The minimum absolute atomic E-state index is 0.131. The third-order valence-electron chi connectivity index (χ3n) is 3.37. The van der Waals surface area contributed by atoms with Gasteiger partial charge in [0, 0.05) is 24.4 Å². The Morgan fingerprint density at radius 1 is 1.00 bits per heavy atom. The third-order valence-corrected chi connectivity index (χ3v) is 3.37. The van der Waals surface area contributed by atoms with Crippen molar-refractivity contribution in [2.75, 3.05) is 17.2 Å². The van der Waals surface area contributed by atoms with Crippen LogP contribution in [0.5, 0.6) is 5.75 Å². The van der Waals surface area contributed by atoms with Crippen LogP contribution in [0.3, 0.4) is 0 Å². The minimum Gasteiger partial charge on any atom is -0.406 e. The van der Waals surface area contributed by atoms with E-state index in [-0.39, 0.29) is 16.9 Å². The lowest BCUT2D eigenvalue weighted by Gasteiger charge is -2.15. The fraction of sp³-hybridized carbons (Fsp3) is 0.222. The van der Waals surface area contributed by atoms with Gasteiger partial charge in [0.15, 0.2) is 0 Å². The summed E-state index contributed by atoms with van der Waals surface area (Å²) in [4.78, 5) is 24.3. The summed E-state index contributed by atoms with van der Waals surface area (Å²) in [6, 6.07) is 3.99. The lowest BCUT2D eigenvalue weighted by molar-refractivity contribution is -0.274. The molecule has 3 amide bonds. The Morgan fingerprint density at radius 2 is 1.66 bits per heavy atom. The van der Waals surface area contributed by atoms with Gasteiger partial charge in [0.25, 0.3) is 5.91 Å². The molecule has 0 aliphatic heterocycles. The van der Waals surface area contributed by atoms with Gasteiger partial charge < -0.3 is 20.7 Å². The molecule has 11 heteroatoms. The second kappa shape index (κ2) is 9.22. The summed E-state index contributed by atoms with van der Waals surface area (Å²) >= 11 is 0. The van der Waals surface area contributed by atoms with Gasteiger partial charge in [-0.3, -0.25) is 4.79 Å². The van der Waals surface area contributed by atoms with Crippen LogP contribution in [0, 0.1) is 11.6 Å². The van der Waals surface area contributed by atoms with Crippen LogP contribution in [0.25, 0.3) is 0 Å². The lowest BCUT2D eigenvalue weighted by atomic mass is 10.1. The molecular formula is C18H16F5N3O3. The molecule has 29 heavy (non-hydrogen) atoms. The average Bonchev–Trinajstić information content (AvgIpc) is 2.57. The quantitative estimate of drug-likeness (QED) is 0.599. The predicted octanol–water partition coefficient (Wildman–Crippen LogP) is 4.65. The molecule has 2 aromatic carbocycles. The van der Waals surface area contributed by atoms with Gasteiger partial charge in [0.2, 0.25) is 0 Å². The largest absolute Gasteiger partial charge is 0.573 e. The van der Waals surface area contributed by atoms with Crippen LogP contribution in [0.15, 0.2) is 36.4 Å². The first-order chi connectivity index (χ1) is 13.6. The molecule has 0 aliphatic rings. The zero-order chi connectivity index (χ0) is 21.6. The lowest BCUT2D eigenvalue weighted by Crippen LogP contribution is -2.27. The zero-order valence-electron chi connectivity index (χ0n) is 15.0. The number of nitrogens with one attached hydrogen (secondary N) is 3. The van der Waals surface area contributed by atoms with Crippen molar-refractivity contribution in [2.24, 2.45) is 0 Å². The van der Waals surface area contributed by atoms with Crippen LogP contribution in [-0.4, -0.2) is 24.8 Å². The minimum atomic E-state index is -4.98. The number of benzene rings is 2. The maximum absolute atomic E-state index is 13.2. The van der Waals surface area contributed by atoms with E-state index in [1.807, 2.05) is 0 Å².